The lowest BCUT2D eigenvalue weighted by Gasteiger charge is -2.50. The van der Waals surface area contributed by atoms with E-state index in [1.54, 1.807) is 19.1 Å². The Kier molecular flexibility index (Phi) is 9.19. The Bertz CT molecular complexity index is 2500. The number of likely N-dealkylation sites (N-methyl/N-ethyl adjacent to an activating group) is 1. The third kappa shape index (κ3) is 5.60. The molecule has 0 aliphatic carbocycles. The second-order valence-electron chi connectivity index (χ2n) is 14.2. The molecule has 8 rings (SSSR count). The number of carbonyl (C=O) groups excluding carboxylic acids is 5. The van der Waals surface area contributed by atoms with Gasteiger partial charge in [-0.3, -0.25) is 24.0 Å². The van der Waals surface area contributed by atoms with Crippen LogP contribution < -0.4 is 16.0 Å². The van der Waals surface area contributed by atoms with Gasteiger partial charge in [0.1, 0.15) is 30.9 Å². The van der Waals surface area contributed by atoms with Crippen molar-refractivity contribution in [1.82, 2.24) is 30.0 Å². The van der Waals surface area contributed by atoms with Gasteiger partial charge in [-0.1, -0.05) is 42.3 Å². The minimum Gasteiger partial charge on any atom is -0.463 e. The molecule has 2 aromatic heterocycles. The summed E-state index contributed by atoms with van der Waals surface area (Å²) in [6.45, 7) is 1.82. The minimum atomic E-state index is -1.22. The molecule has 284 valence electrons. The molecule has 1 unspecified atom stereocenters. The molecule has 3 aromatic carbocycles. The third-order valence-electron chi connectivity index (χ3n) is 11.2. The van der Waals surface area contributed by atoms with E-state index in [4.69, 9.17) is 32.2 Å². The van der Waals surface area contributed by atoms with Gasteiger partial charge in [-0.25, -0.2) is 0 Å². The first-order valence-corrected chi connectivity index (χ1v) is 18.5. The number of hydrogen-bond donors (Lipinski definition) is 3. The molecule has 0 saturated carbocycles. The maximum atomic E-state index is 14.0. The van der Waals surface area contributed by atoms with Gasteiger partial charge < -0.3 is 44.2 Å². The topological polar surface area (TPSA) is 162 Å². The van der Waals surface area contributed by atoms with Crippen LogP contribution >= 0.6 is 11.6 Å². The number of rotatable bonds is 11. The summed E-state index contributed by atoms with van der Waals surface area (Å²) in [5.41, 5.74) is 4.09. The van der Waals surface area contributed by atoms with Crippen LogP contribution in [0.2, 0.25) is 0 Å². The summed E-state index contributed by atoms with van der Waals surface area (Å²) < 4.78 is 23.2. The molecule has 1 fully saturated rings. The summed E-state index contributed by atoms with van der Waals surface area (Å²) >= 11 is 5.58. The molecule has 3 aliphatic heterocycles. The van der Waals surface area contributed by atoms with E-state index in [0.29, 0.717) is 18.5 Å². The lowest BCUT2D eigenvalue weighted by atomic mass is 9.91. The molecule has 0 radical (unpaired) electrons. The van der Waals surface area contributed by atoms with Gasteiger partial charge >= 0.3 is 5.97 Å². The Labute approximate surface area is 320 Å². The Morgan fingerprint density at radius 2 is 1.80 bits per heavy atom. The number of aromatic nitrogens is 2. The number of carbonyl (C=O) groups is 5. The van der Waals surface area contributed by atoms with Crippen molar-refractivity contribution in [3.63, 3.8) is 0 Å². The van der Waals surface area contributed by atoms with Crippen molar-refractivity contribution < 1.29 is 38.2 Å². The summed E-state index contributed by atoms with van der Waals surface area (Å²) in [6.07, 6.45) is 3.84. The maximum absolute atomic E-state index is 14.0. The molecular weight excluding hydrogens is 728 g/mol. The fourth-order valence-corrected chi connectivity index (χ4v) is 8.97. The van der Waals surface area contributed by atoms with Crippen LogP contribution in [0.25, 0.3) is 43.6 Å². The number of benzene rings is 3. The van der Waals surface area contributed by atoms with Crippen molar-refractivity contribution in [1.29, 1.82) is 0 Å². The number of hydrogen-bond acceptors (Lipinski definition) is 8. The molecule has 2 bridgehead atoms. The molecule has 55 heavy (non-hydrogen) atoms. The molecule has 14 nitrogen and oxygen atoms in total. The second-order valence-corrected chi connectivity index (χ2v) is 14.4. The summed E-state index contributed by atoms with van der Waals surface area (Å²) in [7, 11) is 3.29. The number of nitrogens with zero attached hydrogens (tertiary/aromatic N) is 3. The van der Waals surface area contributed by atoms with Crippen molar-refractivity contribution in [2.24, 2.45) is 0 Å². The number of alkyl halides is 1. The highest BCUT2D eigenvalue weighted by Crippen LogP contribution is 2.54. The fourth-order valence-electron chi connectivity index (χ4n) is 8.89. The molecule has 1 saturated heterocycles. The van der Waals surface area contributed by atoms with Gasteiger partial charge in [-0.15, -0.1) is 18.0 Å². The number of nitrogens with one attached hydrogen (secondary N) is 3. The number of terminal acetylenes is 1. The van der Waals surface area contributed by atoms with Gasteiger partial charge in [-0.05, 0) is 24.6 Å². The molecule has 4 amide bonds. The normalized spacial score (nSPS) is 21.6. The largest absolute Gasteiger partial charge is 0.463 e. The second kappa shape index (κ2) is 13.9. The van der Waals surface area contributed by atoms with Crippen LogP contribution in [0.5, 0.6) is 0 Å². The van der Waals surface area contributed by atoms with Crippen molar-refractivity contribution in [2.45, 2.75) is 62.9 Å². The van der Waals surface area contributed by atoms with E-state index >= 15 is 0 Å². The smallest absolute Gasteiger partial charge is 0.306 e. The van der Waals surface area contributed by atoms with E-state index in [2.05, 4.69) is 37.1 Å². The van der Waals surface area contributed by atoms with Crippen LogP contribution in [-0.2, 0) is 45.7 Å². The Morgan fingerprint density at radius 1 is 1.09 bits per heavy atom. The first kappa shape index (κ1) is 36.4. The molecule has 5 heterocycles. The lowest BCUT2D eigenvalue weighted by Crippen LogP contribution is -2.61. The average Bonchev–Trinajstić information content (AvgIpc) is 3.84. The van der Waals surface area contributed by atoms with Crippen molar-refractivity contribution in [3.05, 3.63) is 59.7 Å². The van der Waals surface area contributed by atoms with Crippen LogP contribution in [0.3, 0.4) is 0 Å². The van der Waals surface area contributed by atoms with E-state index in [1.165, 1.54) is 0 Å². The van der Waals surface area contributed by atoms with E-state index < -0.39 is 60.4 Å². The Balaban J connectivity index is 1.14. The standard InChI is InChI=1S/C40H39ClN6O8/c1-5-16-42-38(51)24(44-28(48)18-41)20-54-31(50)15-14-29(49)45(3)27-17-30-46-25-12-8-6-10-21(25)33-34-23(19-43-39(34)52)32-22-11-7-9-13-26(22)47(36(32)35(33)46)40(2,55-30)37(27)53-4/h1,6-13,24,27,30,37H,14-20H2,2-4H3,(H,42,51)(H,43,52)(H,44,48)/t24?,27-,30-,37-,40+/m1/s1. The predicted molar refractivity (Wildman–Crippen MR) is 204 cm³/mol. The van der Waals surface area contributed by atoms with Gasteiger partial charge in [0.15, 0.2) is 5.72 Å². The molecule has 5 aromatic rings. The van der Waals surface area contributed by atoms with Gasteiger partial charge in [0, 0.05) is 55.1 Å². The van der Waals surface area contributed by atoms with E-state index in [9.17, 15) is 24.0 Å². The number of esters is 1. The van der Waals surface area contributed by atoms with Crippen LogP contribution in [-0.4, -0.2) is 95.0 Å². The van der Waals surface area contributed by atoms with Gasteiger partial charge in [0.2, 0.25) is 17.7 Å². The molecule has 0 spiro atoms. The Morgan fingerprint density at radius 3 is 2.51 bits per heavy atom. The number of ether oxygens (including phenoxy) is 3. The summed E-state index contributed by atoms with van der Waals surface area (Å²) in [6, 6.07) is 14.3. The van der Waals surface area contributed by atoms with Crippen molar-refractivity contribution in [3.8, 4) is 12.3 Å². The zero-order valence-electron chi connectivity index (χ0n) is 30.4. The predicted octanol–water partition coefficient (Wildman–Crippen LogP) is 3.39. The number of para-hydroxylation sites is 2. The van der Waals surface area contributed by atoms with Crippen LogP contribution in [0.4, 0.5) is 0 Å². The first-order chi connectivity index (χ1) is 26.5. The summed E-state index contributed by atoms with van der Waals surface area (Å²) in [4.78, 5) is 66.5. The van der Waals surface area contributed by atoms with E-state index in [1.807, 2.05) is 49.4 Å². The summed E-state index contributed by atoms with van der Waals surface area (Å²) in [5, 5.41) is 11.7. The molecule has 3 N–H and O–H groups in total. The summed E-state index contributed by atoms with van der Waals surface area (Å²) in [5.74, 6) is -0.586. The van der Waals surface area contributed by atoms with Gasteiger partial charge in [-0.2, -0.15) is 0 Å². The van der Waals surface area contributed by atoms with Crippen molar-refractivity contribution >= 4 is 84.8 Å². The molecule has 3 aliphatic rings. The molecular formula is C40H39ClN6O8. The SMILES string of the molecule is C#CCNC(=O)C(COC(=O)CCC(=O)N(C)[C@@H]1C[C@H]2O[C@@](C)([C@@H]1OC)n1c3ccccc3c3c4c(c5c6ccccc6n2c5c31)C(=O)NC4)NC(=O)CCl. The highest BCUT2D eigenvalue weighted by Gasteiger charge is 2.55. The van der Waals surface area contributed by atoms with Crippen molar-refractivity contribution in [2.75, 3.05) is 33.2 Å². The highest BCUT2D eigenvalue weighted by atomic mass is 35.5. The van der Waals surface area contributed by atoms with Crippen LogP contribution in [0, 0.1) is 12.3 Å². The van der Waals surface area contributed by atoms with E-state index in [-0.39, 0.29) is 31.2 Å². The monoisotopic (exact) mass is 766 g/mol. The molecule has 15 heteroatoms. The third-order valence-corrected chi connectivity index (χ3v) is 11.4. The van der Waals surface area contributed by atoms with Gasteiger partial charge in [0.05, 0.1) is 46.6 Å². The number of amides is 4. The zero-order valence-corrected chi connectivity index (χ0v) is 31.2. The zero-order chi connectivity index (χ0) is 38.8. The quantitative estimate of drug-likeness (QED) is 0.105. The fraction of sp³-hybridized carbons (Fsp3) is 0.375. The highest BCUT2D eigenvalue weighted by molar-refractivity contribution is 6.31. The van der Waals surface area contributed by atoms with E-state index in [0.717, 1.165) is 49.2 Å². The maximum Gasteiger partial charge on any atom is 0.306 e. The Hall–Kier alpha value is -5.62. The number of halogens is 1. The van der Waals surface area contributed by atoms with Crippen LogP contribution in [0.15, 0.2) is 48.5 Å². The minimum absolute atomic E-state index is 0.0857. The lowest BCUT2D eigenvalue weighted by molar-refractivity contribution is -0.266. The van der Waals surface area contributed by atoms with Crippen LogP contribution in [0.1, 0.15) is 48.3 Å². The number of fused-ring (bicyclic) bond motifs is 13. The number of methoxy groups -OCH3 is 1. The van der Waals surface area contributed by atoms with Gasteiger partial charge in [0.25, 0.3) is 5.91 Å². The molecule has 5 atom stereocenters. The average molecular weight is 767 g/mol. The first-order valence-electron chi connectivity index (χ1n) is 18.0.